The van der Waals surface area contributed by atoms with Gasteiger partial charge in [0.25, 0.3) is 0 Å². The standard InChI is InChI=1S/C12H19NO2/c1-3-11(13-2)10-6-4-5-7-12(10)15-9-8-14/h4-7,11,13-14H,3,8-9H2,1-2H3. The molecule has 0 aliphatic heterocycles. The first-order valence-electron chi connectivity index (χ1n) is 5.33. The molecular weight excluding hydrogens is 190 g/mol. The minimum atomic E-state index is 0.0463. The SMILES string of the molecule is CCC(NC)c1ccccc1OCCO. The van der Waals surface area contributed by atoms with Gasteiger partial charge in [-0.15, -0.1) is 0 Å². The van der Waals surface area contributed by atoms with Crippen molar-refractivity contribution < 1.29 is 9.84 Å². The lowest BCUT2D eigenvalue weighted by Crippen LogP contribution is -2.16. The highest BCUT2D eigenvalue weighted by Gasteiger charge is 2.11. The Labute approximate surface area is 91.1 Å². The summed E-state index contributed by atoms with van der Waals surface area (Å²) in [6, 6.07) is 8.24. The van der Waals surface area contributed by atoms with Crippen LogP contribution in [0.1, 0.15) is 24.9 Å². The molecule has 3 heteroatoms. The van der Waals surface area contributed by atoms with E-state index >= 15 is 0 Å². The van der Waals surface area contributed by atoms with Crippen molar-refractivity contribution in [1.82, 2.24) is 5.32 Å². The second-order valence-electron chi connectivity index (χ2n) is 3.36. The lowest BCUT2D eigenvalue weighted by Gasteiger charge is -2.18. The van der Waals surface area contributed by atoms with Crippen molar-refractivity contribution in [3.8, 4) is 5.75 Å². The monoisotopic (exact) mass is 209 g/mol. The van der Waals surface area contributed by atoms with Crippen molar-refractivity contribution in [2.24, 2.45) is 0 Å². The summed E-state index contributed by atoms with van der Waals surface area (Å²) in [6.45, 7) is 2.52. The second kappa shape index (κ2) is 6.43. The molecule has 1 rings (SSSR count). The van der Waals surface area contributed by atoms with E-state index in [1.165, 1.54) is 0 Å². The third kappa shape index (κ3) is 3.22. The van der Waals surface area contributed by atoms with Crippen LogP contribution in [0.4, 0.5) is 0 Å². The van der Waals surface area contributed by atoms with E-state index in [0.29, 0.717) is 12.6 Å². The third-order valence-corrected chi connectivity index (χ3v) is 2.40. The molecule has 0 spiro atoms. The normalized spacial score (nSPS) is 12.5. The Kier molecular flexibility index (Phi) is 5.15. The van der Waals surface area contributed by atoms with Gasteiger partial charge in [0.2, 0.25) is 0 Å². The molecule has 84 valence electrons. The minimum Gasteiger partial charge on any atom is -0.491 e. The van der Waals surface area contributed by atoms with Gasteiger partial charge in [-0.25, -0.2) is 0 Å². The quantitative estimate of drug-likeness (QED) is 0.749. The molecule has 1 unspecified atom stereocenters. The van der Waals surface area contributed by atoms with Crippen LogP contribution in [-0.4, -0.2) is 25.4 Å². The van der Waals surface area contributed by atoms with Crippen LogP contribution < -0.4 is 10.1 Å². The molecule has 1 atom stereocenters. The largest absolute Gasteiger partial charge is 0.491 e. The van der Waals surface area contributed by atoms with Crippen LogP contribution in [0.2, 0.25) is 0 Å². The highest BCUT2D eigenvalue weighted by molar-refractivity contribution is 5.35. The van der Waals surface area contributed by atoms with Crippen molar-refractivity contribution >= 4 is 0 Å². The predicted octanol–water partition coefficient (Wildman–Crippen LogP) is 1.73. The Morgan fingerprint density at radius 2 is 2.13 bits per heavy atom. The highest BCUT2D eigenvalue weighted by atomic mass is 16.5. The maximum absolute atomic E-state index is 8.73. The number of nitrogens with one attached hydrogen (secondary N) is 1. The lowest BCUT2D eigenvalue weighted by molar-refractivity contribution is 0.199. The number of hydrogen-bond acceptors (Lipinski definition) is 3. The molecule has 0 fully saturated rings. The van der Waals surface area contributed by atoms with Crippen LogP contribution in [0.5, 0.6) is 5.75 Å². The van der Waals surface area contributed by atoms with Crippen molar-refractivity contribution in [2.45, 2.75) is 19.4 Å². The van der Waals surface area contributed by atoms with Gasteiger partial charge in [0.15, 0.2) is 0 Å². The van der Waals surface area contributed by atoms with Gasteiger partial charge in [0.05, 0.1) is 6.61 Å². The van der Waals surface area contributed by atoms with Gasteiger partial charge in [-0.1, -0.05) is 25.1 Å². The van der Waals surface area contributed by atoms with E-state index in [9.17, 15) is 0 Å². The Hall–Kier alpha value is -1.06. The molecule has 0 aliphatic rings. The summed E-state index contributed by atoms with van der Waals surface area (Å²) in [4.78, 5) is 0. The number of hydrogen-bond donors (Lipinski definition) is 2. The van der Waals surface area contributed by atoms with Crippen molar-refractivity contribution in [3.05, 3.63) is 29.8 Å². The van der Waals surface area contributed by atoms with E-state index < -0.39 is 0 Å². The molecule has 1 aromatic carbocycles. The van der Waals surface area contributed by atoms with Crippen molar-refractivity contribution in [1.29, 1.82) is 0 Å². The first kappa shape index (κ1) is 12.0. The number of para-hydroxylation sites is 1. The summed E-state index contributed by atoms with van der Waals surface area (Å²) in [7, 11) is 1.94. The summed E-state index contributed by atoms with van der Waals surface area (Å²) in [5.74, 6) is 0.854. The van der Waals surface area contributed by atoms with Gasteiger partial charge in [0.1, 0.15) is 12.4 Å². The zero-order valence-electron chi connectivity index (χ0n) is 9.36. The third-order valence-electron chi connectivity index (χ3n) is 2.40. The van der Waals surface area contributed by atoms with Crippen LogP contribution in [0.15, 0.2) is 24.3 Å². The van der Waals surface area contributed by atoms with Crippen molar-refractivity contribution in [3.63, 3.8) is 0 Å². The molecule has 15 heavy (non-hydrogen) atoms. The Morgan fingerprint density at radius 1 is 1.40 bits per heavy atom. The number of aliphatic hydroxyl groups is 1. The van der Waals surface area contributed by atoms with Gasteiger partial charge >= 0.3 is 0 Å². The fourth-order valence-electron chi connectivity index (χ4n) is 1.63. The smallest absolute Gasteiger partial charge is 0.124 e. The molecule has 0 aliphatic carbocycles. The summed E-state index contributed by atoms with van der Waals surface area (Å²) in [5, 5.41) is 12.0. The molecule has 0 aromatic heterocycles. The van der Waals surface area contributed by atoms with E-state index in [2.05, 4.69) is 18.3 Å². The average Bonchev–Trinajstić information content (AvgIpc) is 2.29. The van der Waals surface area contributed by atoms with Gasteiger partial charge in [-0.2, -0.15) is 0 Å². The van der Waals surface area contributed by atoms with Crippen molar-refractivity contribution in [2.75, 3.05) is 20.3 Å². The average molecular weight is 209 g/mol. The van der Waals surface area contributed by atoms with Crippen LogP contribution in [0.3, 0.4) is 0 Å². The molecule has 1 aromatic rings. The molecule has 0 amide bonds. The zero-order chi connectivity index (χ0) is 11.1. The van der Waals surface area contributed by atoms with Gasteiger partial charge in [-0.3, -0.25) is 0 Å². The molecule has 0 saturated carbocycles. The molecule has 0 heterocycles. The van der Waals surface area contributed by atoms with Gasteiger partial charge in [0, 0.05) is 11.6 Å². The zero-order valence-corrected chi connectivity index (χ0v) is 9.36. The number of rotatable bonds is 6. The topological polar surface area (TPSA) is 41.5 Å². The van der Waals surface area contributed by atoms with E-state index in [1.54, 1.807) is 0 Å². The Balaban J connectivity index is 2.84. The molecule has 2 N–H and O–H groups in total. The maximum atomic E-state index is 8.73. The Morgan fingerprint density at radius 3 is 2.73 bits per heavy atom. The van der Waals surface area contributed by atoms with Crippen LogP contribution in [-0.2, 0) is 0 Å². The van der Waals surface area contributed by atoms with Crippen LogP contribution in [0.25, 0.3) is 0 Å². The van der Waals surface area contributed by atoms with Crippen LogP contribution in [0, 0.1) is 0 Å². The highest BCUT2D eigenvalue weighted by Crippen LogP contribution is 2.26. The predicted molar refractivity (Wildman–Crippen MR) is 61.1 cm³/mol. The summed E-state index contributed by atoms with van der Waals surface area (Å²) in [5.41, 5.74) is 1.15. The summed E-state index contributed by atoms with van der Waals surface area (Å²) < 4.78 is 5.48. The summed E-state index contributed by atoms with van der Waals surface area (Å²) in [6.07, 6.45) is 1.01. The summed E-state index contributed by atoms with van der Waals surface area (Å²) >= 11 is 0. The van der Waals surface area contributed by atoms with Gasteiger partial charge < -0.3 is 15.2 Å². The minimum absolute atomic E-state index is 0.0463. The van der Waals surface area contributed by atoms with Gasteiger partial charge in [-0.05, 0) is 19.5 Å². The fraction of sp³-hybridized carbons (Fsp3) is 0.500. The Bertz CT molecular complexity index is 285. The number of aliphatic hydroxyl groups excluding tert-OH is 1. The van der Waals surface area contributed by atoms with E-state index in [0.717, 1.165) is 17.7 Å². The molecule has 3 nitrogen and oxygen atoms in total. The second-order valence-corrected chi connectivity index (χ2v) is 3.36. The number of ether oxygens (including phenoxy) is 1. The first-order valence-corrected chi connectivity index (χ1v) is 5.33. The first-order chi connectivity index (χ1) is 7.33. The molecule has 0 radical (unpaired) electrons. The molecule has 0 saturated heterocycles. The molecule has 0 bridgehead atoms. The van der Waals surface area contributed by atoms with E-state index in [4.69, 9.17) is 9.84 Å². The maximum Gasteiger partial charge on any atom is 0.124 e. The van der Waals surface area contributed by atoms with Crippen LogP contribution >= 0.6 is 0 Å². The molecular formula is C12H19NO2. The van der Waals surface area contributed by atoms with E-state index in [-0.39, 0.29) is 6.61 Å². The van der Waals surface area contributed by atoms with E-state index in [1.807, 2.05) is 25.2 Å². The fourth-order valence-corrected chi connectivity index (χ4v) is 1.63. The lowest BCUT2D eigenvalue weighted by atomic mass is 10.0. The number of benzene rings is 1.